The van der Waals surface area contributed by atoms with Crippen LogP contribution in [-0.2, 0) is 4.84 Å². The van der Waals surface area contributed by atoms with E-state index in [-0.39, 0.29) is 5.91 Å². The van der Waals surface area contributed by atoms with E-state index in [1.807, 2.05) is 0 Å². The highest BCUT2D eigenvalue weighted by molar-refractivity contribution is 6.30. The molecular weight excluding hydrogens is 178 g/mol. The van der Waals surface area contributed by atoms with E-state index in [4.69, 9.17) is 11.6 Å². The fourth-order valence-electron chi connectivity index (χ4n) is 0.753. The van der Waals surface area contributed by atoms with E-state index in [1.165, 1.54) is 7.11 Å². The monoisotopic (exact) mass is 185 g/mol. The maximum Gasteiger partial charge on any atom is 0.274 e. The Hall–Kier alpha value is -1.06. The van der Waals surface area contributed by atoms with Crippen molar-refractivity contribution in [3.63, 3.8) is 0 Å². The quantitative estimate of drug-likeness (QED) is 0.712. The summed E-state index contributed by atoms with van der Waals surface area (Å²) in [7, 11) is 1.38. The molecule has 0 aliphatic carbocycles. The molecule has 64 valence electrons. The molecule has 0 heterocycles. The van der Waals surface area contributed by atoms with E-state index in [0.717, 1.165) is 0 Å². The van der Waals surface area contributed by atoms with Crippen molar-refractivity contribution in [3.05, 3.63) is 34.9 Å². The number of rotatable bonds is 2. The molecule has 0 unspecified atom stereocenters. The first-order valence-electron chi connectivity index (χ1n) is 3.33. The number of carbonyl (C=O) groups is 1. The van der Waals surface area contributed by atoms with Crippen LogP contribution in [0.4, 0.5) is 0 Å². The summed E-state index contributed by atoms with van der Waals surface area (Å²) in [6.45, 7) is 0. The van der Waals surface area contributed by atoms with Crippen LogP contribution in [0, 0.1) is 0 Å². The van der Waals surface area contributed by atoms with E-state index >= 15 is 0 Å². The summed E-state index contributed by atoms with van der Waals surface area (Å²) in [5.74, 6) is -0.283. The molecule has 0 aromatic heterocycles. The molecule has 1 rings (SSSR count). The minimum absolute atomic E-state index is 0.283. The standard InChI is InChI=1S/C8H8ClNO2/c1-12-10-8(11)6-2-4-7(9)5-3-6/h2-5H,1H3,(H,10,11). The SMILES string of the molecule is CONC(=O)c1ccc(Cl)cc1. The van der Waals surface area contributed by atoms with E-state index in [1.54, 1.807) is 24.3 Å². The van der Waals surface area contributed by atoms with Crippen molar-refractivity contribution in [1.82, 2.24) is 5.48 Å². The Morgan fingerprint density at radius 3 is 2.50 bits per heavy atom. The third-order valence-corrected chi connectivity index (χ3v) is 1.55. The second-order valence-electron chi connectivity index (χ2n) is 2.14. The Bertz CT molecular complexity index is 271. The van der Waals surface area contributed by atoms with Gasteiger partial charge >= 0.3 is 0 Å². The summed E-state index contributed by atoms with van der Waals surface area (Å²) in [6, 6.07) is 6.53. The van der Waals surface area contributed by atoms with Crippen LogP contribution in [0.5, 0.6) is 0 Å². The first kappa shape index (κ1) is 9.03. The third-order valence-electron chi connectivity index (χ3n) is 1.30. The molecule has 1 aromatic rings. The summed E-state index contributed by atoms with van der Waals surface area (Å²) in [5, 5.41) is 0.601. The van der Waals surface area contributed by atoms with Gasteiger partial charge in [0.15, 0.2) is 0 Å². The molecule has 0 saturated heterocycles. The molecular formula is C8H8ClNO2. The van der Waals surface area contributed by atoms with Crippen LogP contribution in [0.15, 0.2) is 24.3 Å². The highest BCUT2D eigenvalue weighted by Crippen LogP contribution is 2.08. The average Bonchev–Trinajstić information content (AvgIpc) is 2.06. The van der Waals surface area contributed by atoms with Gasteiger partial charge in [0, 0.05) is 10.6 Å². The molecule has 0 atom stereocenters. The van der Waals surface area contributed by atoms with Gasteiger partial charge in [0.25, 0.3) is 5.91 Å². The zero-order valence-corrected chi connectivity index (χ0v) is 7.26. The predicted molar refractivity (Wildman–Crippen MR) is 45.9 cm³/mol. The number of hydrogen-bond acceptors (Lipinski definition) is 2. The van der Waals surface area contributed by atoms with Crippen LogP contribution in [0.25, 0.3) is 0 Å². The van der Waals surface area contributed by atoms with Gasteiger partial charge < -0.3 is 0 Å². The maximum atomic E-state index is 11.1. The van der Waals surface area contributed by atoms with Crippen molar-refractivity contribution >= 4 is 17.5 Å². The maximum absolute atomic E-state index is 11.1. The number of carbonyl (C=O) groups excluding carboxylic acids is 1. The Morgan fingerprint density at radius 1 is 1.42 bits per heavy atom. The molecule has 1 amide bonds. The van der Waals surface area contributed by atoms with Gasteiger partial charge in [-0.1, -0.05) is 11.6 Å². The zero-order valence-electron chi connectivity index (χ0n) is 6.50. The fraction of sp³-hybridized carbons (Fsp3) is 0.125. The van der Waals surface area contributed by atoms with Crippen LogP contribution < -0.4 is 5.48 Å². The number of amides is 1. The highest BCUT2D eigenvalue weighted by atomic mass is 35.5. The minimum Gasteiger partial charge on any atom is -0.277 e. The fourth-order valence-corrected chi connectivity index (χ4v) is 0.879. The normalized spacial score (nSPS) is 9.50. The largest absolute Gasteiger partial charge is 0.277 e. The lowest BCUT2D eigenvalue weighted by Gasteiger charge is -2.00. The molecule has 0 spiro atoms. The number of nitrogens with one attached hydrogen (secondary N) is 1. The van der Waals surface area contributed by atoms with Crippen molar-refractivity contribution in [2.45, 2.75) is 0 Å². The highest BCUT2D eigenvalue weighted by Gasteiger charge is 2.02. The summed E-state index contributed by atoms with van der Waals surface area (Å²) in [6.07, 6.45) is 0. The second-order valence-corrected chi connectivity index (χ2v) is 2.58. The summed E-state index contributed by atoms with van der Waals surface area (Å²) >= 11 is 5.63. The van der Waals surface area contributed by atoms with Crippen LogP contribution in [0.1, 0.15) is 10.4 Å². The first-order valence-corrected chi connectivity index (χ1v) is 3.70. The van der Waals surface area contributed by atoms with E-state index in [9.17, 15) is 4.79 Å². The van der Waals surface area contributed by atoms with Gasteiger partial charge in [-0.15, -0.1) is 0 Å². The molecule has 0 saturated carbocycles. The first-order chi connectivity index (χ1) is 5.74. The van der Waals surface area contributed by atoms with Crippen LogP contribution in [0.3, 0.4) is 0 Å². The molecule has 12 heavy (non-hydrogen) atoms. The molecule has 0 fully saturated rings. The molecule has 0 radical (unpaired) electrons. The molecule has 0 aliphatic heterocycles. The molecule has 3 nitrogen and oxygen atoms in total. The van der Waals surface area contributed by atoms with Crippen molar-refractivity contribution in [1.29, 1.82) is 0 Å². The van der Waals surface area contributed by atoms with E-state index < -0.39 is 0 Å². The van der Waals surface area contributed by atoms with E-state index in [2.05, 4.69) is 10.3 Å². The van der Waals surface area contributed by atoms with Crippen LogP contribution >= 0.6 is 11.6 Å². The van der Waals surface area contributed by atoms with Crippen molar-refractivity contribution in [2.24, 2.45) is 0 Å². The Morgan fingerprint density at radius 2 is 2.00 bits per heavy atom. The Labute approximate surface area is 75.2 Å². The molecule has 0 bridgehead atoms. The predicted octanol–water partition coefficient (Wildman–Crippen LogP) is 1.63. The van der Waals surface area contributed by atoms with Crippen molar-refractivity contribution in [2.75, 3.05) is 7.11 Å². The van der Waals surface area contributed by atoms with Crippen molar-refractivity contribution < 1.29 is 9.63 Å². The summed E-state index contributed by atoms with van der Waals surface area (Å²) < 4.78 is 0. The molecule has 1 aromatic carbocycles. The van der Waals surface area contributed by atoms with Crippen molar-refractivity contribution in [3.8, 4) is 0 Å². The zero-order chi connectivity index (χ0) is 8.97. The van der Waals surface area contributed by atoms with Crippen LogP contribution in [-0.4, -0.2) is 13.0 Å². The second kappa shape index (κ2) is 4.09. The smallest absolute Gasteiger partial charge is 0.274 e. The average molecular weight is 186 g/mol. The number of hydroxylamine groups is 1. The third kappa shape index (κ3) is 2.22. The van der Waals surface area contributed by atoms with Crippen LogP contribution in [0.2, 0.25) is 5.02 Å². The van der Waals surface area contributed by atoms with E-state index in [0.29, 0.717) is 10.6 Å². The van der Waals surface area contributed by atoms with Gasteiger partial charge in [0.2, 0.25) is 0 Å². The Balaban J connectivity index is 2.75. The van der Waals surface area contributed by atoms with Gasteiger partial charge in [-0.3, -0.25) is 9.63 Å². The summed E-state index contributed by atoms with van der Waals surface area (Å²) in [5.41, 5.74) is 2.71. The molecule has 4 heteroatoms. The minimum atomic E-state index is -0.283. The molecule has 1 N–H and O–H groups in total. The lowest BCUT2D eigenvalue weighted by Crippen LogP contribution is -2.21. The number of benzene rings is 1. The number of hydrogen-bond donors (Lipinski definition) is 1. The number of halogens is 1. The lowest BCUT2D eigenvalue weighted by atomic mass is 10.2. The van der Waals surface area contributed by atoms with Gasteiger partial charge in [-0.05, 0) is 24.3 Å². The summed E-state index contributed by atoms with van der Waals surface area (Å²) in [4.78, 5) is 15.5. The topological polar surface area (TPSA) is 38.3 Å². The van der Waals surface area contributed by atoms with Gasteiger partial charge in [0.05, 0.1) is 7.11 Å². The molecule has 0 aliphatic rings. The van der Waals surface area contributed by atoms with Gasteiger partial charge in [-0.2, -0.15) is 0 Å². The lowest BCUT2D eigenvalue weighted by molar-refractivity contribution is 0.0537. The Kier molecular flexibility index (Phi) is 3.08. The van der Waals surface area contributed by atoms with Gasteiger partial charge in [-0.25, -0.2) is 5.48 Å². The van der Waals surface area contributed by atoms with Gasteiger partial charge in [0.1, 0.15) is 0 Å².